The second kappa shape index (κ2) is 9.31. The first kappa shape index (κ1) is 21.1. The quantitative estimate of drug-likeness (QED) is 0.225. The molecule has 160 valence electrons. The highest BCUT2D eigenvalue weighted by molar-refractivity contribution is 5.99. The van der Waals surface area contributed by atoms with Crippen molar-refractivity contribution in [1.29, 1.82) is 5.41 Å². The zero-order valence-electron chi connectivity index (χ0n) is 17.8. The number of carbonyl (C=O) groups excluding carboxylic acids is 1. The number of pyridine rings is 1. The van der Waals surface area contributed by atoms with Crippen LogP contribution in [-0.4, -0.2) is 28.4 Å². The minimum absolute atomic E-state index is 0.0124. The maximum Gasteiger partial charge on any atom is 0.340 e. The van der Waals surface area contributed by atoms with Crippen LogP contribution in [0.5, 0.6) is 0 Å². The molecule has 0 aliphatic rings. The Balaban J connectivity index is 1.70. The maximum atomic E-state index is 12.9. The van der Waals surface area contributed by atoms with E-state index in [-0.39, 0.29) is 11.8 Å². The molecule has 0 amide bonds. The Hall–Kier alpha value is -4.19. The summed E-state index contributed by atoms with van der Waals surface area (Å²) in [4.78, 5) is 20.3. The van der Waals surface area contributed by atoms with Gasteiger partial charge in [-0.2, -0.15) is 0 Å². The zero-order valence-corrected chi connectivity index (χ0v) is 17.8. The van der Waals surface area contributed by atoms with Crippen molar-refractivity contribution in [2.45, 2.75) is 13.3 Å². The molecule has 6 heteroatoms. The van der Waals surface area contributed by atoms with E-state index in [4.69, 9.17) is 15.9 Å². The van der Waals surface area contributed by atoms with Gasteiger partial charge in [0.2, 0.25) is 0 Å². The molecule has 0 saturated heterocycles. The van der Waals surface area contributed by atoms with E-state index < -0.39 is 0 Å². The lowest BCUT2D eigenvalue weighted by Gasteiger charge is -2.09. The van der Waals surface area contributed by atoms with E-state index in [0.717, 1.165) is 33.5 Å². The molecule has 0 radical (unpaired) electrons. The van der Waals surface area contributed by atoms with Crippen LogP contribution in [0.3, 0.4) is 0 Å². The SMILES string of the molecule is CCOC(=O)c1c(-c2ccc(-c3cccnc3)cc2)c[nH]c1Cc1cccc(C(=N)N)c1. The Labute approximate surface area is 186 Å². The lowest BCUT2D eigenvalue weighted by molar-refractivity contribution is 0.0526. The van der Waals surface area contributed by atoms with E-state index >= 15 is 0 Å². The van der Waals surface area contributed by atoms with Crippen LogP contribution in [0.4, 0.5) is 0 Å². The number of nitrogens with two attached hydrogens (primary N) is 1. The van der Waals surface area contributed by atoms with Crippen molar-refractivity contribution in [2.24, 2.45) is 5.73 Å². The number of hydrogen-bond acceptors (Lipinski definition) is 4. The highest BCUT2D eigenvalue weighted by Crippen LogP contribution is 2.30. The average Bonchev–Trinajstić information content (AvgIpc) is 3.23. The molecule has 0 aliphatic heterocycles. The standard InChI is InChI=1S/C26H24N4O2/c1-2-32-26(31)24-22(19-10-8-18(9-11-19)21-7-4-12-29-15-21)16-30-23(24)14-17-5-3-6-20(13-17)25(27)28/h3-13,15-16,30H,2,14H2,1H3,(H3,27,28). The third-order valence-electron chi connectivity index (χ3n) is 5.25. The van der Waals surface area contributed by atoms with Crippen LogP contribution >= 0.6 is 0 Å². The molecule has 2 aromatic carbocycles. The predicted octanol–water partition coefficient (Wildman–Crippen LogP) is 4.80. The topological polar surface area (TPSA) is 105 Å². The van der Waals surface area contributed by atoms with Crippen LogP contribution in [0.2, 0.25) is 0 Å². The molecule has 0 unspecified atom stereocenters. The van der Waals surface area contributed by atoms with E-state index in [1.54, 1.807) is 19.2 Å². The Morgan fingerprint density at radius 1 is 1.06 bits per heavy atom. The molecule has 4 aromatic rings. The summed E-state index contributed by atoms with van der Waals surface area (Å²) in [5, 5.41) is 7.66. The molecule has 32 heavy (non-hydrogen) atoms. The normalized spacial score (nSPS) is 10.7. The van der Waals surface area contributed by atoms with E-state index in [1.807, 2.05) is 67.0 Å². The number of nitrogens with zero attached hydrogens (tertiary/aromatic N) is 1. The van der Waals surface area contributed by atoms with Crippen LogP contribution in [0, 0.1) is 5.41 Å². The van der Waals surface area contributed by atoms with E-state index in [0.29, 0.717) is 24.2 Å². The fraction of sp³-hybridized carbons (Fsp3) is 0.115. The summed E-state index contributed by atoms with van der Waals surface area (Å²) in [6, 6.07) is 19.4. The van der Waals surface area contributed by atoms with Gasteiger partial charge >= 0.3 is 5.97 Å². The van der Waals surface area contributed by atoms with Gasteiger partial charge in [-0.25, -0.2) is 4.79 Å². The monoisotopic (exact) mass is 424 g/mol. The summed E-state index contributed by atoms with van der Waals surface area (Å²) in [5.41, 5.74) is 12.3. The van der Waals surface area contributed by atoms with Crippen molar-refractivity contribution in [3.05, 3.63) is 102 Å². The van der Waals surface area contributed by atoms with Crippen LogP contribution in [0.15, 0.2) is 79.3 Å². The summed E-state index contributed by atoms with van der Waals surface area (Å²) in [7, 11) is 0. The van der Waals surface area contributed by atoms with Gasteiger partial charge in [-0.3, -0.25) is 10.4 Å². The largest absolute Gasteiger partial charge is 0.462 e. The number of hydrogen-bond donors (Lipinski definition) is 3. The number of amidine groups is 1. The van der Waals surface area contributed by atoms with Crippen molar-refractivity contribution in [3.8, 4) is 22.3 Å². The molecule has 2 heterocycles. The minimum atomic E-state index is -0.363. The molecule has 0 saturated carbocycles. The van der Waals surface area contributed by atoms with Gasteiger partial charge in [-0.05, 0) is 41.3 Å². The average molecular weight is 425 g/mol. The Morgan fingerprint density at radius 2 is 1.84 bits per heavy atom. The molecular formula is C26H24N4O2. The van der Waals surface area contributed by atoms with Crippen LogP contribution < -0.4 is 5.73 Å². The van der Waals surface area contributed by atoms with E-state index in [9.17, 15) is 4.79 Å². The molecule has 0 bridgehead atoms. The Kier molecular flexibility index (Phi) is 6.12. The summed E-state index contributed by atoms with van der Waals surface area (Å²) in [5.74, 6) is -0.351. The Morgan fingerprint density at radius 3 is 2.53 bits per heavy atom. The number of rotatable bonds is 7. The van der Waals surface area contributed by atoms with Gasteiger partial charge in [-0.1, -0.05) is 48.5 Å². The smallest absolute Gasteiger partial charge is 0.340 e. The fourth-order valence-electron chi connectivity index (χ4n) is 3.70. The van der Waals surface area contributed by atoms with Gasteiger partial charge in [0.1, 0.15) is 5.84 Å². The predicted molar refractivity (Wildman–Crippen MR) is 126 cm³/mol. The number of nitrogen functional groups attached to an aromatic ring is 1. The number of nitrogens with one attached hydrogen (secondary N) is 2. The van der Waals surface area contributed by atoms with Crippen molar-refractivity contribution in [2.75, 3.05) is 6.61 Å². The van der Waals surface area contributed by atoms with Crippen molar-refractivity contribution in [3.63, 3.8) is 0 Å². The van der Waals surface area contributed by atoms with E-state index in [2.05, 4.69) is 9.97 Å². The van der Waals surface area contributed by atoms with Gasteiger partial charge in [0.15, 0.2) is 0 Å². The number of ether oxygens (including phenoxy) is 1. The molecule has 6 nitrogen and oxygen atoms in total. The zero-order chi connectivity index (χ0) is 22.5. The summed E-state index contributed by atoms with van der Waals surface area (Å²) < 4.78 is 5.36. The fourth-order valence-corrected chi connectivity index (χ4v) is 3.70. The summed E-state index contributed by atoms with van der Waals surface area (Å²) >= 11 is 0. The van der Waals surface area contributed by atoms with Crippen LogP contribution in [0.1, 0.15) is 34.1 Å². The third-order valence-corrected chi connectivity index (χ3v) is 5.25. The first-order valence-electron chi connectivity index (χ1n) is 10.4. The van der Waals surface area contributed by atoms with Crippen LogP contribution in [0.25, 0.3) is 22.3 Å². The highest BCUT2D eigenvalue weighted by Gasteiger charge is 2.21. The third kappa shape index (κ3) is 4.44. The van der Waals surface area contributed by atoms with Crippen molar-refractivity contribution >= 4 is 11.8 Å². The number of esters is 1. The first-order chi connectivity index (χ1) is 15.6. The van der Waals surface area contributed by atoms with E-state index in [1.165, 1.54) is 0 Å². The van der Waals surface area contributed by atoms with Crippen molar-refractivity contribution < 1.29 is 9.53 Å². The number of H-pyrrole nitrogens is 1. The molecule has 4 rings (SSSR count). The molecule has 0 aliphatic carbocycles. The van der Waals surface area contributed by atoms with Gasteiger partial charge in [0.05, 0.1) is 12.2 Å². The van der Waals surface area contributed by atoms with Gasteiger partial charge < -0.3 is 15.5 Å². The summed E-state index contributed by atoms with van der Waals surface area (Å²) in [6.45, 7) is 2.09. The molecule has 4 N–H and O–H groups in total. The number of aromatic nitrogens is 2. The van der Waals surface area contributed by atoms with Gasteiger partial charge in [0.25, 0.3) is 0 Å². The first-order valence-corrected chi connectivity index (χ1v) is 10.4. The molecule has 0 atom stereocenters. The van der Waals surface area contributed by atoms with Crippen LogP contribution in [-0.2, 0) is 11.2 Å². The Bertz CT molecular complexity index is 1240. The second-order valence-corrected chi connectivity index (χ2v) is 7.39. The van der Waals surface area contributed by atoms with Gasteiger partial charge in [-0.15, -0.1) is 0 Å². The lowest BCUT2D eigenvalue weighted by Crippen LogP contribution is -2.11. The second-order valence-electron chi connectivity index (χ2n) is 7.39. The highest BCUT2D eigenvalue weighted by atomic mass is 16.5. The minimum Gasteiger partial charge on any atom is -0.462 e. The summed E-state index contributed by atoms with van der Waals surface area (Å²) in [6.07, 6.45) is 5.90. The number of aromatic amines is 1. The maximum absolute atomic E-state index is 12.9. The molecule has 2 aromatic heterocycles. The molecular weight excluding hydrogens is 400 g/mol. The number of carbonyl (C=O) groups is 1. The number of benzene rings is 2. The molecule has 0 spiro atoms. The van der Waals surface area contributed by atoms with Crippen molar-refractivity contribution in [1.82, 2.24) is 9.97 Å². The van der Waals surface area contributed by atoms with Gasteiger partial charge in [0, 0.05) is 41.8 Å². The lowest BCUT2D eigenvalue weighted by atomic mass is 9.97. The molecule has 0 fully saturated rings.